The summed E-state index contributed by atoms with van der Waals surface area (Å²) in [7, 11) is 1.40. The highest BCUT2D eigenvalue weighted by Crippen LogP contribution is 2.36. The van der Waals surface area contributed by atoms with Gasteiger partial charge in [0, 0.05) is 12.8 Å². The molecule has 1 N–H and O–H groups in total. The Morgan fingerprint density at radius 1 is 1.36 bits per heavy atom. The second-order valence-corrected chi connectivity index (χ2v) is 6.63. The largest absolute Gasteiger partial charge is 0.469 e. The average Bonchev–Trinajstić information content (AvgIpc) is 2.87. The lowest BCUT2D eigenvalue weighted by Crippen LogP contribution is -2.27. The Hall–Kier alpha value is -1.85. The SMILES string of the molecule is COC(=O)CCCCCc1noc2c1/C(=N/O)CC(C)(C)C2. The molecule has 2 rings (SSSR count). The minimum absolute atomic E-state index is 0.0197. The molecule has 0 amide bonds. The number of hydrogen-bond donors (Lipinski definition) is 1. The predicted octanol–water partition coefficient (Wildman–Crippen LogP) is 3.10. The van der Waals surface area contributed by atoms with Gasteiger partial charge >= 0.3 is 5.97 Å². The molecule has 0 unspecified atom stereocenters. The van der Waals surface area contributed by atoms with E-state index in [0.29, 0.717) is 18.6 Å². The summed E-state index contributed by atoms with van der Waals surface area (Å²) in [6, 6.07) is 0. The van der Waals surface area contributed by atoms with Gasteiger partial charge in [-0.15, -0.1) is 0 Å². The van der Waals surface area contributed by atoms with Crippen molar-refractivity contribution in [2.75, 3.05) is 7.11 Å². The smallest absolute Gasteiger partial charge is 0.305 e. The van der Waals surface area contributed by atoms with E-state index in [1.54, 1.807) is 0 Å². The third kappa shape index (κ3) is 3.87. The number of hydrogen-bond acceptors (Lipinski definition) is 6. The van der Waals surface area contributed by atoms with E-state index in [9.17, 15) is 10.0 Å². The van der Waals surface area contributed by atoms with E-state index in [1.165, 1.54) is 7.11 Å². The second kappa shape index (κ2) is 6.94. The van der Waals surface area contributed by atoms with Crippen LogP contribution in [0.4, 0.5) is 0 Å². The molecule has 0 aliphatic heterocycles. The summed E-state index contributed by atoms with van der Waals surface area (Å²) in [4.78, 5) is 11.0. The van der Waals surface area contributed by atoms with Gasteiger partial charge in [-0.1, -0.05) is 30.6 Å². The zero-order valence-corrected chi connectivity index (χ0v) is 13.5. The molecule has 0 fully saturated rings. The van der Waals surface area contributed by atoms with Gasteiger partial charge in [0.25, 0.3) is 0 Å². The summed E-state index contributed by atoms with van der Waals surface area (Å²) in [5.41, 5.74) is 2.43. The number of nitrogens with zero attached hydrogens (tertiary/aromatic N) is 2. The van der Waals surface area contributed by atoms with Gasteiger partial charge < -0.3 is 14.5 Å². The first-order chi connectivity index (χ1) is 10.5. The van der Waals surface area contributed by atoms with Crippen molar-refractivity contribution in [1.29, 1.82) is 0 Å². The number of esters is 1. The first-order valence-electron chi connectivity index (χ1n) is 7.72. The number of carbonyl (C=O) groups excluding carboxylic acids is 1. The molecule has 1 aliphatic rings. The van der Waals surface area contributed by atoms with Gasteiger partial charge in [-0.2, -0.15) is 0 Å². The maximum atomic E-state index is 11.0. The van der Waals surface area contributed by atoms with Crippen molar-refractivity contribution in [1.82, 2.24) is 5.16 Å². The highest BCUT2D eigenvalue weighted by molar-refractivity contribution is 6.03. The van der Waals surface area contributed by atoms with Crippen molar-refractivity contribution in [2.45, 2.75) is 58.8 Å². The third-order valence-corrected chi connectivity index (χ3v) is 4.05. The first-order valence-corrected chi connectivity index (χ1v) is 7.72. The number of carbonyl (C=O) groups is 1. The summed E-state index contributed by atoms with van der Waals surface area (Å²) >= 11 is 0. The highest BCUT2D eigenvalue weighted by atomic mass is 16.5. The Labute approximate surface area is 130 Å². The maximum absolute atomic E-state index is 11.0. The van der Waals surface area contributed by atoms with Crippen molar-refractivity contribution in [3.8, 4) is 0 Å². The summed E-state index contributed by atoms with van der Waals surface area (Å²) in [6.45, 7) is 4.24. The van der Waals surface area contributed by atoms with Crippen molar-refractivity contribution < 1.29 is 19.3 Å². The van der Waals surface area contributed by atoms with Crippen LogP contribution in [0, 0.1) is 5.41 Å². The molecule has 6 heteroatoms. The zero-order valence-electron chi connectivity index (χ0n) is 13.5. The van der Waals surface area contributed by atoms with Crippen LogP contribution in [-0.2, 0) is 22.4 Å². The second-order valence-electron chi connectivity index (χ2n) is 6.63. The average molecular weight is 308 g/mol. The standard InChI is InChI=1S/C16H24N2O4/c1-16(2)9-12(17-20)15-11(18-22-13(15)10-16)7-5-4-6-8-14(19)21-3/h20H,4-10H2,1-3H3/b17-12+. The minimum Gasteiger partial charge on any atom is -0.469 e. The first kappa shape index (κ1) is 16.5. The monoisotopic (exact) mass is 308 g/mol. The predicted molar refractivity (Wildman–Crippen MR) is 81.1 cm³/mol. The van der Waals surface area contributed by atoms with Crippen LogP contribution in [0.3, 0.4) is 0 Å². The molecule has 0 aromatic carbocycles. The number of aromatic nitrogens is 1. The van der Waals surface area contributed by atoms with Crippen LogP contribution in [0.1, 0.15) is 63.0 Å². The van der Waals surface area contributed by atoms with Gasteiger partial charge in [-0.25, -0.2) is 0 Å². The van der Waals surface area contributed by atoms with Gasteiger partial charge in [0.2, 0.25) is 0 Å². The van der Waals surface area contributed by atoms with E-state index < -0.39 is 0 Å². The van der Waals surface area contributed by atoms with Crippen LogP contribution in [0.25, 0.3) is 0 Å². The summed E-state index contributed by atoms with van der Waals surface area (Å²) in [5, 5.41) is 16.9. The van der Waals surface area contributed by atoms with Crippen LogP contribution in [0.15, 0.2) is 9.68 Å². The molecule has 0 saturated heterocycles. The fraction of sp³-hybridized carbons (Fsp3) is 0.688. The Bertz CT molecular complexity index is 560. The highest BCUT2D eigenvalue weighted by Gasteiger charge is 2.35. The number of unbranched alkanes of at least 4 members (excludes halogenated alkanes) is 2. The number of ether oxygens (including phenoxy) is 1. The molecular weight excluding hydrogens is 284 g/mol. The number of oxime groups is 1. The number of rotatable bonds is 6. The van der Waals surface area contributed by atoms with Gasteiger partial charge in [0.15, 0.2) is 0 Å². The van der Waals surface area contributed by atoms with E-state index in [2.05, 4.69) is 28.9 Å². The van der Waals surface area contributed by atoms with Crippen LogP contribution in [-0.4, -0.2) is 29.2 Å². The van der Waals surface area contributed by atoms with E-state index in [-0.39, 0.29) is 11.4 Å². The van der Waals surface area contributed by atoms with Crippen LogP contribution in [0.2, 0.25) is 0 Å². The lowest BCUT2D eigenvalue weighted by molar-refractivity contribution is -0.140. The van der Waals surface area contributed by atoms with Crippen LogP contribution < -0.4 is 0 Å². The number of aryl methyl sites for hydroxylation is 1. The summed E-state index contributed by atoms with van der Waals surface area (Å²) < 4.78 is 10.1. The Morgan fingerprint density at radius 2 is 2.14 bits per heavy atom. The van der Waals surface area contributed by atoms with Crippen molar-refractivity contribution in [3.63, 3.8) is 0 Å². The fourth-order valence-electron chi connectivity index (χ4n) is 2.95. The van der Waals surface area contributed by atoms with E-state index in [1.807, 2.05) is 0 Å². The molecule has 0 spiro atoms. The molecule has 1 aromatic rings. The van der Waals surface area contributed by atoms with Gasteiger partial charge in [-0.3, -0.25) is 4.79 Å². The Balaban J connectivity index is 1.94. The van der Waals surface area contributed by atoms with Gasteiger partial charge in [0.1, 0.15) is 5.76 Å². The quantitative estimate of drug-likeness (QED) is 0.378. The van der Waals surface area contributed by atoms with Crippen molar-refractivity contribution in [3.05, 3.63) is 17.0 Å². The minimum atomic E-state index is -0.171. The molecule has 6 nitrogen and oxygen atoms in total. The van der Waals surface area contributed by atoms with Crippen LogP contribution in [0.5, 0.6) is 0 Å². The number of fused-ring (bicyclic) bond motifs is 1. The number of methoxy groups -OCH3 is 1. The summed E-state index contributed by atoms with van der Waals surface area (Å²) in [5.74, 6) is 0.643. The maximum Gasteiger partial charge on any atom is 0.305 e. The fourth-order valence-corrected chi connectivity index (χ4v) is 2.95. The van der Waals surface area contributed by atoms with Gasteiger partial charge in [-0.05, 0) is 31.1 Å². The molecule has 122 valence electrons. The van der Waals surface area contributed by atoms with Gasteiger partial charge in [0.05, 0.1) is 24.1 Å². The molecule has 0 atom stereocenters. The third-order valence-electron chi connectivity index (χ3n) is 4.05. The lowest BCUT2D eigenvalue weighted by Gasteiger charge is -2.28. The molecular formula is C16H24N2O4. The molecule has 1 aromatic heterocycles. The van der Waals surface area contributed by atoms with E-state index in [4.69, 9.17) is 4.52 Å². The Kier molecular flexibility index (Phi) is 5.21. The lowest BCUT2D eigenvalue weighted by atomic mass is 9.75. The molecule has 1 heterocycles. The van der Waals surface area contributed by atoms with E-state index >= 15 is 0 Å². The molecule has 0 radical (unpaired) electrons. The van der Waals surface area contributed by atoms with Crippen molar-refractivity contribution >= 4 is 11.7 Å². The topological polar surface area (TPSA) is 84.9 Å². The van der Waals surface area contributed by atoms with Crippen molar-refractivity contribution in [2.24, 2.45) is 10.6 Å². The molecule has 0 bridgehead atoms. The molecule has 0 saturated carbocycles. The normalized spacial score (nSPS) is 18.2. The Morgan fingerprint density at radius 3 is 2.82 bits per heavy atom. The zero-order chi connectivity index (χ0) is 16.2. The van der Waals surface area contributed by atoms with Crippen LogP contribution >= 0.6 is 0 Å². The molecule has 1 aliphatic carbocycles. The van der Waals surface area contributed by atoms with E-state index in [0.717, 1.165) is 49.1 Å². The summed E-state index contributed by atoms with van der Waals surface area (Å²) in [6.07, 6.45) is 5.38. The molecule has 22 heavy (non-hydrogen) atoms.